The standard InChI is InChI=1S/C18H11Cl2N3O3/c19-10-5-6-13(12(20)7-10)22-15(24)8-23-9-21-16-11-3-1-2-4-14(11)26-17(16)18(23)25/h1-7,9H,8H2,(H,22,24). The zero-order chi connectivity index (χ0) is 18.3. The Morgan fingerprint density at radius 2 is 2.00 bits per heavy atom. The summed E-state index contributed by atoms with van der Waals surface area (Å²) in [5.41, 5.74) is 1.15. The van der Waals surface area contributed by atoms with Crippen molar-refractivity contribution in [3.8, 4) is 0 Å². The lowest BCUT2D eigenvalue weighted by molar-refractivity contribution is -0.116. The summed E-state index contributed by atoms with van der Waals surface area (Å²) in [5, 5.41) is 4.17. The van der Waals surface area contributed by atoms with Crippen LogP contribution < -0.4 is 10.9 Å². The first-order chi connectivity index (χ1) is 12.5. The number of para-hydroxylation sites is 1. The number of nitrogens with zero attached hydrogens (tertiary/aromatic N) is 2. The summed E-state index contributed by atoms with van der Waals surface area (Å²) in [7, 11) is 0. The summed E-state index contributed by atoms with van der Waals surface area (Å²) in [6.07, 6.45) is 1.33. The number of fused-ring (bicyclic) bond motifs is 3. The predicted octanol–water partition coefficient (Wildman–Crippen LogP) is 4.09. The molecule has 130 valence electrons. The molecule has 0 fully saturated rings. The highest BCUT2D eigenvalue weighted by molar-refractivity contribution is 6.36. The molecular weight excluding hydrogens is 377 g/mol. The molecule has 0 unspecified atom stereocenters. The van der Waals surface area contributed by atoms with Crippen molar-refractivity contribution < 1.29 is 9.21 Å². The second kappa shape index (κ2) is 6.48. The number of carbonyl (C=O) groups is 1. The number of aromatic nitrogens is 2. The number of benzene rings is 2. The van der Waals surface area contributed by atoms with E-state index in [0.717, 1.165) is 5.39 Å². The highest BCUT2D eigenvalue weighted by Gasteiger charge is 2.15. The molecule has 8 heteroatoms. The number of rotatable bonds is 3. The summed E-state index contributed by atoms with van der Waals surface area (Å²) in [6.45, 7) is -0.224. The van der Waals surface area contributed by atoms with Crippen LogP contribution >= 0.6 is 23.2 Å². The Balaban J connectivity index is 1.64. The molecule has 2 heterocycles. The Kier molecular flexibility index (Phi) is 4.14. The maximum absolute atomic E-state index is 12.6. The number of furan rings is 1. The van der Waals surface area contributed by atoms with Gasteiger partial charge in [-0.1, -0.05) is 35.3 Å². The fraction of sp³-hybridized carbons (Fsp3) is 0.0556. The third kappa shape index (κ3) is 2.94. The van der Waals surface area contributed by atoms with E-state index in [2.05, 4.69) is 10.3 Å². The summed E-state index contributed by atoms with van der Waals surface area (Å²) in [4.78, 5) is 29.1. The van der Waals surface area contributed by atoms with Crippen LogP contribution in [0, 0.1) is 0 Å². The molecule has 0 saturated heterocycles. The normalized spacial score (nSPS) is 11.2. The van der Waals surface area contributed by atoms with Gasteiger partial charge >= 0.3 is 0 Å². The second-order valence-electron chi connectivity index (χ2n) is 5.63. The van der Waals surface area contributed by atoms with Gasteiger partial charge in [-0.25, -0.2) is 4.98 Å². The first-order valence-corrected chi connectivity index (χ1v) is 8.40. The summed E-state index contributed by atoms with van der Waals surface area (Å²) < 4.78 is 6.78. The minimum absolute atomic E-state index is 0.117. The first kappa shape index (κ1) is 16.6. The van der Waals surface area contributed by atoms with E-state index in [0.29, 0.717) is 26.8 Å². The zero-order valence-corrected chi connectivity index (χ0v) is 14.7. The number of amides is 1. The van der Waals surface area contributed by atoms with Crippen molar-refractivity contribution in [3.05, 3.63) is 69.2 Å². The van der Waals surface area contributed by atoms with E-state index in [-0.39, 0.29) is 12.1 Å². The molecule has 26 heavy (non-hydrogen) atoms. The van der Waals surface area contributed by atoms with Gasteiger partial charge in [0.2, 0.25) is 11.5 Å². The molecule has 4 aromatic rings. The fourth-order valence-electron chi connectivity index (χ4n) is 2.66. The van der Waals surface area contributed by atoms with Crippen molar-refractivity contribution >= 4 is 56.9 Å². The SMILES string of the molecule is O=C(Cn1cnc2c(oc3ccccc32)c1=O)Nc1ccc(Cl)cc1Cl. The third-order valence-corrected chi connectivity index (χ3v) is 4.42. The summed E-state index contributed by atoms with van der Waals surface area (Å²) >= 11 is 11.9. The molecule has 6 nitrogen and oxygen atoms in total. The monoisotopic (exact) mass is 387 g/mol. The number of carbonyl (C=O) groups excluding carboxylic acids is 1. The second-order valence-corrected chi connectivity index (χ2v) is 6.47. The molecule has 1 amide bonds. The van der Waals surface area contributed by atoms with E-state index in [9.17, 15) is 9.59 Å². The van der Waals surface area contributed by atoms with Gasteiger partial charge < -0.3 is 9.73 Å². The third-order valence-electron chi connectivity index (χ3n) is 3.87. The minimum atomic E-state index is -0.427. The van der Waals surface area contributed by atoms with Gasteiger partial charge in [-0.3, -0.25) is 14.2 Å². The van der Waals surface area contributed by atoms with Gasteiger partial charge in [-0.2, -0.15) is 0 Å². The van der Waals surface area contributed by atoms with Gasteiger partial charge in [0.1, 0.15) is 17.6 Å². The average Bonchev–Trinajstić information content (AvgIpc) is 2.99. The van der Waals surface area contributed by atoms with E-state index >= 15 is 0 Å². The lowest BCUT2D eigenvalue weighted by Crippen LogP contribution is -2.27. The van der Waals surface area contributed by atoms with Crippen LogP contribution in [0.3, 0.4) is 0 Å². The maximum atomic E-state index is 12.6. The Hall–Kier alpha value is -2.83. The smallest absolute Gasteiger partial charge is 0.297 e. The van der Waals surface area contributed by atoms with E-state index in [1.807, 2.05) is 18.2 Å². The van der Waals surface area contributed by atoms with Crippen molar-refractivity contribution in [2.24, 2.45) is 0 Å². The largest absolute Gasteiger partial charge is 0.448 e. The lowest BCUT2D eigenvalue weighted by Gasteiger charge is -2.08. The zero-order valence-electron chi connectivity index (χ0n) is 13.2. The fourth-order valence-corrected chi connectivity index (χ4v) is 3.12. The van der Waals surface area contributed by atoms with Gasteiger partial charge in [0.25, 0.3) is 5.56 Å². The molecular formula is C18H11Cl2N3O3. The van der Waals surface area contributed by atoms with Gasteiger partial charge in [-0.05, 0) is 30.3 Å². The van der Waals surface area contributed by atoms with E-state index in [4.69, 9.17) is 27.6 Å². The molecule has 4 rings (SSSR count). The molecule has 2 aromatic carbocycles. The Bertz CT molecular complexity index is 1210. The Morgan fingerprint density at radius 1 is 1.19 bits per heavy atom. The van der Waals surface area contributed by atoms with Crippen LogP contribution in [0.4, 0.5) is 5.69 Å². The number of hydrogen-bond donors (Lipinski definition) is 1. The quantitative estimate of drug-likeness (QED) is 0.574. The molecule has 0 atom stereocenters. The van der Waals surface area contributed by atoms with Gasteiger partial charge in [0.15, 0.2) is 0 Å². The van der Waals surface area contributed by atoms with Gasteiger partial charge in [-0.15, -0.1) is 0 Å². The topological polar surface area (TPSA) is 77.1 Å². The molecule has 0 radical (unpaired) electrons. The van der Waals surface area contributed by atoms with Crippen molar-refractivity contribution in [2.75, 3.05) is 5.32 Å². The number of anilines is 1. The van der Waals surface area contributed by atoms with Crippen LogP contribution in [0.5, 0.6) is 0 Å². The number of halogens is 2. The van der Waals surface area contributed by atoms with Crippen LogP contribution in [0.25, 0.3) is 22.1 Å². The Labute approximate surface area is 157 Å². The van der Waals surface area contributed by atoms with Crippen molar-refractivity contribution in [3.63, 3.8) is 0 Å². The Morgan fingerprint density at radius 3 is 2.81 bits per heavy atom. The highest BCUT2D eigenvalue weighted by Crippen LogP contribution is 2.26. The van der Waals surface area contributed by atoms with Gasteiger partial charge in [0, 0.05) is 10.4 Å². The highest BCUT2D eigenvalue weighted by atomic mass is 35.5. The molecule has 0 bridgehead atoms. The summed E-state index contributed by atoms with van der Waals surface area (Å²) in [6, 6.07) is 12.0. The van der Waals surface area contributed by atoms with Crippen LogP contribution in [0.2, 0.25) is 10.0 Å². The van der Waals surface area contributed by atoms with E-state index in [1.54, 1.807) is 18.2 Å². The van der Waals surface area contributed by atoms with E-state index in [1.165, 1.54) is 17.0 Å². The lowest BCUT2D eigenvalue weighted by atomic mass is 10.2. The summed E-state index contributed by atoms with van der Waals surface area (Å²) in [5.74, 6) is -0.423. The first-order valence-electron chi connectivity index (χ1n) is 7.64. The van der Waals surface area contributed by atoms with E-state index < -0.39 is 11.5 Å². The molecule has 0 aliphatic carbocycles. The number of nitrogens with one attached hydrogen (secondary N) is 1. The van der Waals surface area contributed by atoms with Crippen molar-refractivity contribution in [2.45, 2.75) is 6.54 Å². The van der Waals surface area contributed by atoms with Crippen LogP contribution in [0.1, 0.15) is 0 Å². The molecule has 0 aliphatic heterocycles. The molecule has 2 aromatic heterocycles. The molecule has 0 spiro atoms. The number of hydrogen-bond acceptors (Lipinski definition) is 4. The average molecular weight is 388 g/mol. The molecule has 0 saturated carbocycles. The molecule has 0 aliphatic rings. The van der Waals surface area contributed by atoms with Crippen molar-refractivity contribution in [1.82, 2.24) is 9.55 Å². The van der Waals surface area contributed by atoms with Crippen LogP contribution in [-0.2, 0) is 11.3 Å². The maximum Gasteiger partial charge on any atom is 0.297 e. The van der Waals surface area contributed by atoms with Crippen LogP contribution in [-0.4, -0.2) is 15.5 Å². The minimum Gasteiger partial charge on any atom is -0.448 e. The molecule has 1 N–H and O–H groups in total. The predicted molar refractivity (Wildman–Crippen MR) is 101 cm³/mol. The van der Waals surface area contributed by atoms with Crippen molar-refractivity contribution in [1.29, 1.82) is 0 Å². The van der Waals surface area contributed by atoms with Crippen LogP contribution in [0.15, 0.2) is 58.0 Å². The van der Waals surface area contributed by atoms with Gasteiger partial charge in [0.05, 0.1) is 17.0 Å².